The molecule has 0 aliphatic heterocycles. The van der Waals surface area contributed by atoms with Gasteiger partial charge in [-0.25, -0.2) is 19.9 Å². The van der Waals surface area contributed by atoms with Crippen LogP contribution in [0.15, 0.2) is 238 Å². The molecule has 0 radical (unpaired) electrons. The highest BCUT2D eigenvalue weighted by Crippen LogP contribution is 2.52. The van der Waals surface area contributed by atoms with E-state index < -0.39 is 31.4 Å². The third kappa shape index (κ3) is 12.6. The fourth-order valence-electron chi connectivity index (χ4n) is 22.7. The van der Waals surface area contributed by atoms with Crippen LogP contribution in [0, 0.1) is 44.2 Å². The number of nitro benzene ring substituents is 3. The molecular weight excluding hydrogens is 1810 g/mol. The second-order valence-electron chi connectivity index (χ2n) is 41.8. The number of aromatic nitrogens is 8. The Balaban J connectivity index is 0.000000149. The van der Waals surface area contributed by atoms with Gasteiger partial charge in [0.2, 0.25) is 16.6 Å². The zero-order chi connectivity index (χ0) is 98.7. The summed E-state index contributed by atoms with van der Waals surface area (Å²) in [5, 5.41) is 56.8. The fraction of sp³-hybridized carbons (Fsp3) is 0.172. The van der Waals surface area contributed by atoms with Gasteiger partial charge in [-0.1, -0.05) is 164 Å². The third-order valence-corrected chi connectivity index (χ3v) is 30.7. The van der Waals surface area contributed by atoms with E-state index in [1.165, 1.54) is 14.9 Å². The number of rotatable bonds is 15. The molecule has 0 unspecified atom stereocenters. The lowest BCUT2D eigenvalue weighted by Gasteiger charge is -2.21. The van der Waals surface area contributed by atoms with Gasteiger partial charge in [-0.15, -0.1) is 0 Å². The molecule has 8 aromatic heterocycles. The second kappa shape index (κ2) is 30.1. The maximum Gasteiger partial charge on any atom is 0.297 e. The first kappa shape index (κ1) is 86.7. The molecule has 0 saturated carbocycles. The molecule has 0 amide bonds. The number of nitro groups is 3. The molecule has 0 bridgehead atoms. The first-order chi connectivity index (χ1) is 67.8. The molecule has 2 N–H and O–H groups in total. The van der Waals surface area contributed by atoms with E-state index in [-0.39, 0.29) is 79.5 Å². The van der Waals surface area contributed by atoms with Gasteiger partial charge < -0.3 is 14.6 Å². The van der Waals surface area contributed by atoms with Crippen molar-refractivity contribution in [3.8, 4) is 56.0 Å². The number of imidazole rings is 4. The molecule has 0 atom stereocenters. The Morgan fingerprint density at radius 1 is 0.275 bits per heavy atom. The highest BCUT2D eigenvalue weighted by molar-refractivity contribution is 6.71. The maximum atomic E-state index is 15.1. The van der Waals surface area contributed by atoms with Crippen molar-refractivity contribution in [2.24, 2.45) is 0 Å². The Bertz CT molecular complexity index is 10500. The lowest BCUT2D eigenvalue weighted by Crippen LogP contribution is -2.29. The minimum Gasteiger partial charge on any atom is -0.544 e. The van der Waals surface area contributed by atoms with Gasteiger partial charge in [0, 0.05) is 82.8 Å². The van der Waals surface area contributed by atoms with Crippen molar-refractivity contribution in [2.45, 2.75) is 132 Å². The van der Waals surface area contributed by atoms with Crippen molar-refractivity contribution < 1.29 is 23.6 Å². The number of aryl methyl sites for hydroxylation is 2. The summed E-state index contributed by atoms with van der Waals surface area (Å²) in [7, 11) is -3.93. The van der Waals surface area contributed by atoms with Crippen LogP contribution in [0.25, 0.3) is 240 Å². The number of nitrogens with two attached hydrogens (primary N) is 1. The van der Waals surface area contributed by atoms with Crippen LogP contribution in [0.4, 0.5) is 22.7 Å². The summed E-state index contributed by atoms with van der Waals surface area (Å²) in [4.78, 5) is 117. The Morgan fingerprint density at radius 2 is 0.486 bits per heavy atom. The highest BCUT2D eigenvalue weighted by Gasteiger charge is 2.34. The molecule has 0 fully saturated rings. The lowest BCUT2D eigenvalue weighted by molar-refractivity contribution is -0.383. The summed E-state index contributed by atoms with van der Waals surface area (Å²) >= 11 is 0. The Kier molecular flexibility index (Phi) is 18.4. The summed E-state index contributed by atoms with van der Waals surface area (Å²) in [6.07, 6.45) is 0. The normalized spacial score (nSPS) is 12.8. The molecule has 694 valence electrons. The predicted molar refractivity (Wildman–Crippen MR) is 580 cm³/mol. The van der Waals surface area contributed by atoms with Crippen LogP contribution in [0.1, 0.15) is 112 Å². The zero-order valence-corrected chi connectivity index (χ0v) is 82.5. The number of anilines is 1. The summed E-state index contributed by atoms with van der Waals surface area (Å²) in [6, 6.07) is 70.0. The van der Waals surface area contributed by atoms with E-state index in [2.05, 4.69) is 137 Å². The standard InChI is InChI=1S/C58H44N6O7Si.C58H46N6O5Si/c1-27(2)30-17-29(5)18-32(19-30)34-23-45-53(47(25-34)63(67)68)59-55-41-13-9-37-40-12-16-44-52-42(14-10-38(50(40)52)39-11-15-43(51(41)49(37)39)57(65)61(45)55)56-60-54-46(62(56)58(44)66)24-35(26-48(54)64(69)70)33-20-31(28(3)4)21-36(22-33)71-72(6,7)8;1-27(2)30-17-29(5)18-32(19-30)35-25-47-54(48(26-35)64(67)68)61-56-42-14-10-38-39-11-15-43-51-41(13-9-37(49(39)51)40-12-16-44(52(42)50(38)40)58(66)63(47)56)55-60-53-45(59)23-34(24-46(53)62(55)57(43)65)33-20-31(28(3)4)21-36(22-33)69-70(6,7)8/h9-28H,1-8H3;9-28H,59H2,1-8H3. The van der Waals surface area contributed by atoms with Crippen molar-refractivity contribution in [3.05, 3.63) is 324 Å². The summed E-state index contributed by atoms with van der Waals surface area (Å²) < 4.78 is 19.2. The maximum absolute atomic E-state index is 15.1. The number of nitrogens with zero attached hydrogens (tertiary/aromatic N) is 11. The molecule has 0 spiro atoms. The van der Waals surface area contributed by atoms with Crippen LogP contribution in [-0.4, -0.2) is 68.9 Å². The fourth-order valence-corrected chi connectivity index (χ4v) is 24.4. The molecule has 0 saturated heterocycles. The van der Waals surface area contributed by atoms with E-state index in [1.807, 2.05) is 172 Å². The first-order valence-electron chi connectivity index (χ1n) is 47.8. The van der Waals surface area contributed by atoms with Gasteiger partial charge in [0.25, 0.3) is 39.3 Å². The van der Waals surface area contributed by atoms with Crippen LogP contribution in [0.2, 0.25) is 39.3 Å². The minimum absolute atomic E-state index is 0.111. The zero-order valence-electron chi connectivity index (χ0n) is 80.5. The molecule has 26 aromatic rings. The molecule has 0 aliphatic carbocycles. The van der Waals surface area contributed by atoms with Gasteiger partial charge in [0.05, 0.1) is 42.5 Å². The summed E-state index contributed by atoms with van der Waals surface area (Å²) in [6.45, 7) is 33.8. The Labute approximate surface area is 808 Å². The first-order valence-corrected chi connectivity index (χ1v) is 54.6. The van der Waals surface area contributed by atoms with Crippen molar-refractivity contribution in [1.82, 2.24) is 37.5 Å². The summed E-state index contributed by atoms with van der Waals surface area (Å²) in [5.74, 6) is 2.44. The topological polar surface area (TPSA) is 311 Å². The number of pyridine rings is 4. The largest absolute Gasteiger partial charge is 0.544 e. The van der Waals surface area contributed by atoms with E-state index in [4.69, 9.17) is 34.5 Å². The molecule has 142 heavy (non-hydrogen) atoms. The SMILES string of the molecule is Cc1cc(-c2cc([N+](=O)[O-])c3nc4c5ccc6c7ccc8c(=O)n9c%10cc(-c%11cc(O[Si](C)(C)C)cc(C(C)C)c%11)cc(N)c%10nc9c9ccc(c%10ccc(c(=O)n4c3c2)c5c%106)c7c89)cc(C(C)C)c1.Cc1cc(-c2cc([N+](=O)[O-])c3nc4c5ccc6c7ccc8c(=O)n9c%10cc(-c%11cc(O[Si](C)(C)C)cc(C(C)C)c%11)cc([N+](=O)[O-])c%10nc9c9ccc(c%10ccc(c(=O)n4c3c2)c5c6%10)c7c89)cc(C(C)C)c1. The third-order valence-electron chi connectivity index (χ3n) is 29.0. The van der Waals surface area contributed by atoms with E-state index in [0.717, 1.165) is 148 Å². The molecule has 18 aromatic carbocycles. The van der Waals surface area contributed by atoms with Gasteiger partial charge in [0.15, 0.2) is 16.6 Å². The quantitative estimate of drug-likeness (QED) is 0.0249. The van der Waals surface area contributed by atoms with Crippen molar-refractivity contribution >= 4 is 235 Å². The molecule has 26 heteroatoms. The second-order valence-corrected chi connectivity index (χ2v) is 50.6. The van der Waals surface area contributed by atoms with E-state index in [0.29, 0.717) is 127 Å². The van der Waals surface area contributed by atoms with Gasteiger partial charge in [-0.3, -0.25) is 67.1 Å². The Hall–Kier alpha value is -16.8. The van der Waals surface area contributed by atoms with Gasteiger partial charge >= 0.3 is 0 Å². The van der Waals surface area contributed by atoms with Crippen molar-refractivity contribution in [2.75, 3.05) is 5.73 Å². The van der Waals surface area contributed by atoms with Gasteiger partial charge in [-0.2, -0.15) is 0 Å². The van der Waals surface area contributed by atoms with Crippen LogP contribution < -0.4 is 36.8 Å². The summed E-state index contributed by atoms with van der Waals surface area (Å²) in [5.41, 5.74) is 22.3. The smallest absolute Gasteiger partial charge is 0.297 e. The average Bonchev–Trinajstić information content (AvgIpc) is 1.30. The van der Waals surface area contributed by atoms with Crippen LogP contribution >= 0.6 is 0 Å². The number of nitrogen functional groups attached to an aromatic ring is 1. The van der Waals surface area contributed by atoms with Crippen molar-refractivity contribution in [3.63, 3.8) is 0 Å². The van der Waals surface area contributed by atoms with E-state index in [1.54, 1.807) is 20.9 Å². The minimum atomic E-state index is -2.02. The van der Waals surface area contributed by atoms with E-state index >= 15 is 9.59 Å². The monoisotopic (exact) mass is 1900 g/mol. The van der Waals surface area contributed by atoms with Crippen LogP contribution in [-0.2, 0) is 0 Å². The molecule has 8 heterocycles. The Morgan fingerprint density at radius 3 is 0.739 bits per heavy atom. The number of hydrogen-bond acceptors (Lipinski definition) is 17. The average molecular weight is 1900 g/mol. The number of benzene rings is 18. The van der Waals surface area contributed by atoms with Crippen molar-refractivity contribution in [1.29, 1.82) is 0 Å². The predicted octanol–water partition coefficient (Wildman–Crippen LogP) is 28.0. The van der Waals surface area contributed by atoms with Gasteiger partial charge in [0.1, 0.15) is 39.6 Å². The number of non-ortho nitro benzene ring substituents is 3. The number of fused-ring (bicyclic) bond motifs is 20. The van der Waals surface area contributed by atoms with Crippen LogP contribution in [0.5, 0.6) is 11.5 Å². The highest BCUT2D eigenvalue weighted by atomic mass is 28.4. The van der Waals surface area contributed by atoms with E-state index in [9.17, 15) is 39.9 Å². The van der Waals surface area contributed by atoms with Gasteiger partial charge in [-0.05, 0) is 311 Å². The molecule has 26 rings (SSSR count). The molecule has 0 aliphatic rings. The van der Waals surface area contributed by atoms with Crippen LogP contribution in [0.3, 0.4) is 0 Å². The lowest BCUT2D eigenvalue weighted by atomic mass is 9.86. The molecule has 24 nitrogen and oxygen atoms in total. The number of hydrogen-bond donors (Lipinski definition) is 1. The molecular formula is C116H90N12O12Si2.